The number of likely N-dealkylation sites (tertiary alicyclic amines) is 1. The fourth-order valence-corrected chi connectivity index (χ4v) is 4.77. The summed E-state index contributed by atoms with van der Waals surface area (Å²) in [5.41, 5.74) is 0.524. The van der Waals surface area contributed by atoms with Crippen molar-refractivity contribution in [3.05, 3.63) is 23.3 Å². The van der Waals surface area contributed by atoms with Crippen LogP contribution in [0.3, 0.4) is 0 Å². The van der Waals surface area contributed by atoms with Gasteiger partial charge in [-0.25, -0.2) is 0 Å². The monoisotopic (exact) mass is 289 g/mol. The van der Waals surface area contributed by atoms with Crippen LogP contribution in [0.5, 0.6) is 11.5 Å². The number of ether oxygens (including phenoxy) is 1. The first-order valence-corrected chi connectivity index (χ1v) is 7.38. The summed E-state index contributed by atoms with van der Waals surface area (Å²) in [6.45, 7) is 0.642. The summed E-state index contributed by atoms with van der Waals surface area (Å²) >= 11 is 0. The topological polar surface area (TPSA) is 49.8 Å². The summed E-state index contributed by atoms with van der Waals surface area (Å²) in [6, 6.07) is 3.19. The second-order valence-electron chi connectivity index (χ2n) is 6.52. The smallest absolute Gasteiger partial charge is 0.174 e. The highest BCUT2D eigenvalue weighted by Crippen LogP contribution is 2.62. The van der Waals surface area contributed by atoms with E-state index in [2.05, 4.69) is 4.90 Å². The number of phenols is 1. The maximum absolute atomic E-state index is 13.0. The van der Waals surface area contributed by atoms with Crippen molar-refractivity contribution in [1.82, 2.24) is 4.90 Å². The molecule has 0 aromatic heterocycles. The Morgan fingerprint density at radius 2 is 2.43 bits per heavy atom. The second kappa shape index (κ2) is 3.61. The number of phenolic OH excluding ortho intramolecular Hbond substituents is 1. The Labute approximate surface area is 129 Å². The Bertz CT molecular complexity index is 830. The molecule has 4 heteroatoms. The summed E-state index contributed by atoms with van der Waals surface area (Å²) in [6.07, 6.45) is -4.81. The van der Waals surface area contributed by atoms with Gasteiger partial charge in [0, 0.05) is 27.5 Å². The lowest BCUT2D eigenvalue weighted by molar-refractivity contribution is -0.138. The minimum atomic E-state index is -2.46. The van der Waals surface area contributed by atoms with E-state index in [1.807, 2.05) is 7.05 Å². The van der Waals surface area contributed by atoms with E-state index in [9.17, 15) is 9.90 Å². The highest BCUT2D eigenvalue weighted by molar-refractivity contribution is 5.89. The average molecular weight is 289 g/mol. The van der Waals surface area contributed by atoms with Crippen LogP contribution in [0.2, 0.25) is 0 Å². The third-order valence-electron chi connectivity index (χ3n) is 5.72. The quantitative estimate of drug-likeness (QED) is 0.788. The number of carbonyl (C=O) groups is 1. The fraction of sp³-hybridized carbons (Fsp3) is 0.588. The number of benzene rings is 1. The number of ketones is 1. The van der Waals surface area contributed by atoms with Gasteiger partial charge in [-0.05, 0) is 50.4 Å². The lowest BCUT2D eigenvalue weighted by atomic mass is 9.52. The van der Waals surface area contributed by atoms with Gasteiger partial charge in [0.25, 0.3) is 0 Å². The van der Waals surface area contributed by atoms with Gasteiger partial charge in [0.15, 0.2) is 23.4 Å². The van der Waals surface area contributed by atoms with E-state index >= 15 is 0 Å². The zero-order valence-corrected chi connectivity index (χ0v) is 11.7. The number of hydrogen-bond acceptors (Lipinski definition) is 4. The Kier molecular flexibility index (Phi) is 1.51. The molecule has 2 heterocycles. The third kappa shape index (κ3) is 1.20. The van der Waals surface area contributed by atoms with Crippen LogP contribution in [-0.2, 0) is 16.6 Å². The van der Waals surface area contributed by atoms with Gasteiger partial charge in [0.1, 0.15) is 0 Å². The SMILES string of the molecule is [2H]C1[C@H]2[C@H]3Cc4ccc(O)c5c4[C@@]2(CCN3C)[C@@]([2H])(O5)C(=O)C1([2H])[2H]. The van der Waals surface area contributed by atoms with Crippen LogP contribution in [0, 0.1) is 5.92 Å². The normalized spacial score (nSPS) is 52.0. The predicted molar refractivity (Wildman–Crippen MR) is 76.7 cm³/mol. The van der Waals surface area contributed by atoms with E-state index < -0.39 is 36.0 Å². The van der Waals surface area contributed by atoms with Gasteiger partial charge in [-0.3, -0.25) is 4.79 Å². The molecular formula is C17H19NO3. The summed E-state index contributed by atoms with van der Waals surface area (Å²) in [5.74, 6) is -1.52. The molecule has 2 fully saturated rings. The van der Waals surface area contributed by atoms with Crippen LogP contribution >= 0.6 is 0 Å². The summed E-state index contributed by atoms with van der Waals surface area (Å²) in [7, 11) is 1.95. The van der Waals surface area contributed by atoms with E-state index in [0.717, 1.165) is 5.56 Å². The number of carbonyl (C=O) groups excluding carboxylic acids is 1. The number of aromatic hydroxyl groups is 1. The lowest BCUT2D eigenvalue weighted by Gasteiger charge is -2.57. The predicted octanol–water partition coefficient (Wildman–Crippen LogP) is 1.63. The molecule has 1 saturated carbocycles. The maximum atomic E-state index is 13.0. The fourth-order valence-electron chi connectivity index (χ4n) is 4.77. The molecule has 110 valence electrons. The van der Waals surface area contributed by atoms with Gasteiger partial charge in [0.2, 0.25) is 0 Å². The van der Waals surface area contributed by atoms with Crippen LogP contribution in [-0.4, -0.2) is 41.5 Å². The molecule has 1 N–H and O–H groups in total. The molecule has 2 aliphatic carbocycles. The minimum Gasteiger partial charge on any atom is -0.504 e. The Morgan fingerprint density at radius 1 is 1.57 bits per heavy atom. The molecule has 21 heavy (non-hydrogen) atoms. The van der Waals surface area contributed by atoms with E-state index in [-0.39, 0.29) is 17.5 Å². The van der Waals surface area contributed by atoms with Crippen LogP contribution < -0.4 is 4.74 Å². The molecule has 2 aliphatic heterocycles. The third-order valence-corrected chi connectivity index (χ3v) is 5.72. The van der Waals surface area contributed by atoms with E-state index in [4.69, 9.17) is 10.2 Å². The number of likely N-dealkylation sites (N-methyl/N-ethyl adjacent to an activating group) is 1. The molecule has 1 saturated heterocycles. The van der Waals surface area contributed by atoms with Gasteiger partial charge in [0.05, 0.1) is 1.37 Å². The Balaban J connectivity index is 1.90. The average Bonchev–Trinajstić information content (AvgIpc) is 2.84. The molecule has 1 unspecified atom stereocenters. The van der Waals surface area contributed by atoms with Gasteiger partial charge in [-0.15, -0.1) is 0 Å². The largest absolute Gasteiger partial charge is 0.504 e. The molecule has 5 rings (SSSR count). The molecule has 5 atom stereocenters. The first-order valence-electron chi connectivity index (χ1n) is 9.46. The van der Waals surface area contributed by atoms with Crippen molar-refractivity contribution in [3.63, 3.8) is 0 Å². The van der Waals surface area contributed by atoms with E-state index in [0.29, 0.717) is 24.9 Å². The van der Waals surface area contributed by atoms with Gasteiger partial charge in [-0.2, -0.15) is 0 Å². The van der Waals surface area contributed by atoms with Crippen LogP contribution in [0.15, 0.2) is 12.1 Å². The zero-order chi connectivity index (χ0) is 17.9. The summed E-state index contributed by atoms with van der Waals surface area (Å²) < 4.78 is 39.7. The Hall–Kier alpha value is -1.55. The van der Waals surface area contributed by atoms with Gasteiger partial charge >= 0.3 is 0 Å². The van der Waals surface area contributed by atoms with Crippen molar-refractivity contribution < 1.29 is 20.1 Å². The minimum absolute atomic E-state index is 0.125. The van der Waals surface area contributed by atoms with Crippen molar-refractivity contribution in [3.8, 4) is 11.5 Å². The molecule has 0 amide bonds. The highest BCUT2D eigenvalue weighted by atomic mass is 16.5. The molecule has 1 spiro atoms. The Morgan fingerprint density at radius 3 is 3.29 bits per heavy atom. The first kappa shape index (κ1) is 8.79. The molecule has 1 aromatic rings. The summed E-state index contributed by atoms with van der Waals surface area (Å²) in [5, 5.41) is 10.3. The molecular weight excluding hydrogens is 266 g/mol. The van der Waals surface area contributed by atoms with E-state index in [1.165, 1.54) is 6.07 Å². The molecule has 1 aromatic carbocycles. The first-order chi connectivity index (χ1) is 11.7. The number of piperidine rings is 1. The van der Waals surface area contributed by atoms with Crippen molar-refractivity contribution in [1.29, 1.82) is 0 Å². The van der Waals surface area contributed by atoms with Crippen molar-refractivity contribution in [2.45, 2.75) is 43.1 Å². The number of nitrogens with zero attached hydrogens (tertiary/aromatic N) is 1. The molecule has 4 aliphatic rings. The van der Waals surface area contributed by atoms with Crippen molar-refractivity contribution >= 4 is 5.78 Å². The van der Waals surface area contributed by atoms with Gasteiger partial charge in [-0.1, -0.05) is 6.07 Å². The van der Waals surface area contributed by atoms with Crippen molar-refractivity contribution in [2.75, 3.05) is 13.6 Å². The second-order valence-corrected chi connectivity index (χ2v) is 6.52. The summed E-state index contributed by atoms with van der Waals surface area (Å²) in [4.78, 5) is 15.1. The van der Waals surface area contributed by atoms with Gasteiger partial charge < -0.3 is 14.7 Å². The van der Waals surface area contributed by atoms with E-state index in [1.54, 1.807) is 6.07 Å². The zero-order valence-electron chi connectivity index (χ0n) is 15.7. The molecule has 4 nitrogen and oxygen atoms in total. The maximum Gasteiger partial charge on any atom is 0.174 e. The number of Topliss-reactive ketones (excluding diaryl/α,β-unsaturated/α-hetero) is 1. The van der Waals surface area contributed by atoms with Crippen molar-refractivity contribution in [2.24, 2.45) is 5.92 Å². The van der Waals surface area contributed by atoms with Crippen LogP contribution in [0.1, 0.15) is 35.8 Å². The highest BCUT2D eigenvalue weighted by Gasteiger charge is 2.65. The number of rotatable bonds is 0. The molecule has 0 radical (unpaired) electrons. The van der Waals surface area contributed by atoms with Crippen LogP contribution in [0.4, 0.5) is 0 Å². The lowest BCUT2D eigenvalue weighted by Crippen LogP contribution is -2.65. The number of hydrogen-bond donors (Lipinski definition) is 1. The molecule has 2 bridgehead atoms. The van der Waals surface area contributed by atoms with Crippen LogP contribution in [0.25, 0.3) is 0 Å². The standard InChI is InChI=1S/C17H19NO3/c1-18-7-6-17-10-3-5-13(20)16(17)21-15-12(19)4-2-9(14(15)17)8-11(10)18/h2,4,10-11,16,19H,3,5-8H2,1H3/t10-,11+,16-,17-/m0/s1/i3D,5D2,16D/t3?,10-,11+,16-,17-.